The predicted molar refractivity (Wildman–Crippen MR) is 101 cm³/mol. The zero-order chi connectivity index (χ0) is 18.5. The Kier molecular flexibility index (Phi) is 5.58. The largest absolute Gasteiger partial charge is 0.487 e. The van der Waals surface area contributed by atoms with E-state index in [9.17, 15) is 4.79 Å². The third kappa shape index (κ3) is 4.64. The lowest BCUT2D eigenvalue weighted by atomic mass is 10.1. The first kappa shape index (κ1) is 18.0. The third-order valence-corrected chi connectivity index (χ3v) is 4.18. The number of ether oxygens (including phenoxy) is 1. The van der Waals surface area contributed by atoms with E-state index < -0.39 is 0 Å². The van der Waals surface area contributed by atoms with Gasteiger partial charge in [0.2, 0.25) is 0 Å². The van der Waals surface area contributed by atoms with Gasteiger partial charge in [-0.05, 0) is 48.4 Å². The number of rotatable bonds is 6. The molecule has 0 saturated heterocycles. The molecule has 26 heavy (non-hydrogen) atoms. The van der Waals surface area contributed by atoms with Gasteiger partial charge in [-0.2, -0.15) is 5.10 Å². The molecule has 1 heterocycles. The van der Waals surface area contributed by atoms with Crippen LogP contribution in [0, 0.1) is 6.92 Å². The molecule has 2 aromatic carbocycles. The van der Waals surface area contributed by atoms with Crippen molar-refractivity contribution >= 4 is 17.5 Å². The molecular formula is C20H20ClN3O2. The van der Waals surface area contributed by atoms with Crippen LogP contribution in [0.2, 0.25) is 5.02 Å². The van der Waals surface area contributed by atoms with Crippen molar-refractivity contribution in [2.24, 2.45) is 7.05 Å². The van der Waals surface area contributed by atoms with E-state index in [2.05, 4.69) is 10.4 Å². The molecule has 0 unspecified atom stereocenters. The van der Waals surface area contributed by atoms with Crippen molar-refractivity contribution in [2.45, 2.75) is 20.1 Å². The molecule has 0 aliphatic carbocycles. The molecule has 0 fully saturated rings. The van der Waals surface area contributed by atoms with Crippen LogP contribution >= 0.6 is 11.6 Å². The molecule has 6 heteroatoms. The summed E-state index contributed by atoms with van der Waals surface area (Å²) in [5.74, 6) is 0.489. The molecule has 3 rings (SSSR count). The third-order valence-electron chi connectivity index (χ3n) is 3.87. The van der Waals surface area contributed by atoms with Crippen molar-refractivity contribution in [3.8, 4) is 5.75 Å². The topological polar surface area (TPSA) is 56.1 Å². The number of hydrogen-bond acceptors (Lipinski definition) is 3. The second-order valence-corrected chi connectivity index (χ2v) is 6.49. The maximum atomic E-state index is 12.3. The monoisotopic (exact) mass is 369 g/mol. The lowest BCUT2D eigenvalue weighted by molar-refractivity contribution is 0.0950. The molecule has 0 atom stereocenters. The van der Waals surface area contributed by atoms with Crippen molar-refractivity contribution in [2.75, 3.05) is 0 Å². The van der Waals surface area contributed by atoms with Crippen LogP contribution in [-0.4, -0.2) is 15.7 Å². The van der Waals surface area contributed by atoms with E-state index in [1.165, 1.54) is 0 Å². The summed E-state index contributed by atoms with van der Waals surface area (Å²) in [6, 6.07) is 14.9. The van der Waals surface area contributed by atoms with Gasteiger partial charge in [-0.15, -0.1) is 0 Å². The van der Waals surface area contributed by atoms with Crippen molar-refractivity contribution in [3.05, 3.63) is 82.1 Å². The number of aromatic nitrogens is 2. The van der Waals surface area contributed by atoms with E-state index in [0.29, 0.717) is 29.5 Å². The average Bonchev–Trinajstić information content (AvgIpc) is 3.06. The summed E-state index contributed by atoms with van der Waals surface area (Å²) in [4.78, 5) is 12.3. The lowest BCUT2D eigenvalue weighted by Crippen LogP contribution is -2.23. The van der Waals surface area contributed by atoms with Crippen molar-refractivity contribution in [1.29, 1.82) is 0 Å². The second-order valence-electron chi connectivity index (χ2n) is 6.09. The maximum absolute atomic E-state index is 12.3. The highest BCUT2D eigenvalue weighted by Gasteiger charge is 2.08. The number of halogens is 1. The van der Waals surface area contributed by atoms with E-state index in [4.69, 9.17) is 16.3 Å². The van der Waals surface area contributed by atoms with Gasteiger partial charge < -0.3 is 10.1 Å². The molecule has 134 valence electrons. The molecule has 0 bridgehead atoms. The Morgan fingerprint density at radius 2 is 2.08 bits per heavy atom. The highest BCUT2D eigenvalue weighted by atomic mass is 35.5. The molecule has 1 N–H and O–H groups in total. The molecule has 0 saturated carbocycles. The van der Waals surface area contributed by atoms with Gasteiger partial charge in [-0.1, -0.05) is 29.8 Å². The zero-order valence-electron chi connectivity index (χ0n) is 14.7. The Morgan fingerprint density at radius 1 is 1.23 bits per heavy atom. The first-order valence-electron chi connectivity index (χ1n) is 8.26. The average molecular weight is 370 g/mol. The van der Waals surface area contributed by atoms with Crippen molar-refractivity contribution in [3.63, 3.8) is 0 Å². The van der Waals surface area contributed by atoms with Crippen LogP contribution in [0.15, 0.2) is 54.7 Å². The normalized spacial score (nSPS) is 10.6. The minimum absolute atomic E-state index is 0.147. The van der Waals surface area contributed by atoms with E-state index in [1.54, 1.807) is 10.7 Å². The van der Waals surface area contributed by atoms with Crippen LogP contribution in [-0.2, 0) is 20.2 Å². The summed E-state index contributed by atoms with van der Waals surface area (Å²) >= 11 is 6.15. The minimum Gasteiger partial charge on any atom is -0.487 e. The number of carbonyl (C=O) groups is 1. The van der Waals surface area contributed by atoms with E-state index in [0.717, 1.165) is 16.8 Å². The molecule has 0 aliphatic heterocycles. The van der Waals surface area contributed by atoms with Gasteiger partial charge in [0.15, 0.2) is 0 Å². The number of hydrogen-bond donors (Lipinski definition) is 1. The fourth-order valence-electron chi connectivity index (χ4n) is 2.51. The smallest absolute Gasteiger partial charge is 0.251 e. The van der Waals surface area contributed by atoms with Crippen LogP contribution in [0.4, 0.5) is 0 Å². The summed E-state index contributed by atoms with van der Waals surface area (Å²) in [5, 5.41) is 7.68. The summed E-state index contributed by atoms with van der Waals surface area (Å²) in [5.41, 5.74) is 3.37. The summed E-state index contributed by atoms with van der Waals surface area (Å²) < 4.78 is 7.50. The standard InChI is InChI=1S/C20H20ClN3O2/c1-14-6-7-18(21)19(10-14)26-13-15-4-3-5-16(11-15)20(25)22-12-17-8-9-24(2)23-17/h3-11H,12-13H2,1-2H3,(H,22,25). The number of aryl methyl sites for hydroxylation is 2. The van der Waals surface area contributed by atoms with Gasteiger partial charge in [0.05, 0.1) is 17.3 Å². The SMILES string of the molecule is Cc1ccc(Cl)c(OCc2cccc(C(=O)NCc3ccn(C)n3)c2)c1. The summed E-state index contributed by atoms with van der Waals surface area (Å²) in [7, 11) is 1.84. The van der Waals surface area contributed by atoms with Gasteiger partial charge in [-0.25, -0.2) is 0 Å². The van der Waals surface area contributed by atoms with Gasteiger partial charge in [0.1, 0.15) is 12.4 Å². The summed E-state index contributed by atoms with van der Waals surface area (Å²) in [6.07, 6.45) is 1.84. The molecule has 0 aliphatic rings. The molecular weight excluding hydrogens is 350 g/mol. The lowest BCUT2D eigenvalue weighted by Gasteiger charge is -2.10. The highest BCUT2D eigenvalue weighted by molar-refractivity contribution is 6.32. The number of amides is 1. The van der Waals surface area contributed by atoms with Crippen LogP contribution in [0.5, 0.6) is 5.75 Å². The van der Waals surface area contributed by atoms with Crippen LogP contribution < -0.4 is 10.1 Å². The van der Waals surface area contributed by atoms with Gasteiger partial charge in [-0.3, -0.25) is 9.48 Å². The molecule has 3 aromatic rings. The Hall–Kier alpha value is -2.79. The van der Waals surface area contributed by atoms with Crippen molar-refractivity contribution in [1.82, 2.24) is 15.1 Å². The summed E-state index contributed by atoms with van der Waals surface area (Å²) in [6.45, 7) is 2.71. The first-order valence-corrected chi connectivity index (χ1v) is 8.63. The predicted octanol–water partition coefficient (Wildman–Crippen LogP) is 3.89. The number of nitrogens with one attached hydrogen (secondary N) is 1. The van der Waals surface area contributed by atoms with E-state index in [-0.39, 0.29) is 5.91 Å². The Bertz CT molecular complexity index is 921. The van der Waals surface area contributed by atoms with E-state index in [1.807, 2.05) is 62.6 Å². The zero-order valence-corrected chi connectivity index (χ0v) is 15.5. The minimum atomic E-state index is -0.147. The maximum Gasteiger partial charge on any atom is 0.251 e. The quantitative estimate of drug-likeness (QED) is 0.717. The fourth-order valence-corrected chi connectivity index (χ4v) is 2.69. The van der Waals surface area contributed by atoms with Crippen LogP contribution in [0.3, 0.4) is 0 Å². The molecule has 1 amide bonds. The van der Waals surface area contributed by atoms with Crippen molar-refractivity contribution < 1.29 is 9.53 Å². The molecule has 5 nitrogen and oxygen atoms in total. The fraction of sp³-hybridized carbons (Fsp3) is 0.200. The number of nitrogens with zero attached hydrogens (tertiary/aromatic N) is 2. The first-order chi connectivity index (χ1) is 12.5. The number of carbonyl (C=O) groups excluding carboxylic acids is 1. The van der Waals surface area contributed by atoms with Gasteiger partial charge in [0, 0.05) is 18.8 Å². The van der Waals surface area contributed by atoms with Gasteiger partial charge in [0.25, 0.3) is 5.91 Å². The molecule has 0 spiro atoms. The Balaban J connectivity index is 1.62. The number of benzene rings is 2. The van der Waals surface area contributed by atoms with Gasteiger partial charge >= 0.3 is 0 Å². The molecule has 1 aromatic heterocycles. The van der Waals surface area contributed by atoms with Crippen LogP contribution in [0.25, 0.3) is 0 Å². The van der Waals surface area contributed by atoms with E-state index >= 15 is 0 Å². The molecule has 0 radical (unpaired) electrons. The second kappa shape index (κ2) is 8.06. The highest BCUT2D eigenvalue weighted by Crippen LogP contribution is 2.26. The Labute approximate surface area is 157 Å². The Morgan fingerprint density at radius 3 is 2.85 bits per heavy atom. The van der Waals surface area contributed by atoms with Crippen LogP contribution in [0.1, 0.15) is 27.2 Å².